The molecular weight excluding hydrogens is 304 g/mol. The molecule has 1 aromatic carbocycles. The summed E-state index contributed by atoms with van der Waals surface area (Å²) in [6.45, 7) is 1.32. The van der Waals surface area contributed by atoms with Crippen LogP contribution >= 0.6 is 0 Å². The SMILES string of the molecule is O=C(NCCc1ccncc1)Nc1ccc(N2CCCC2=O)cc1. The van der Waals surface area contributed by atoms with Gasteiger partial charge in [-0.1, -0.05) is 0 Å². The minimum Gasteiger partial charge on any atom is -0.338 e. The molecule has 2 N–H and O–H groups in total. The Morgan fingerprint density at radius 1 is 1.12 bits per heavy atom. The van der Waals surface area contributed by atoms with E-state index in [0.29, 0.717) is 18.7 Å². The topological polar surface area (TPSA) is 74.3 Å². The molecule has 3 rings (SSSR count). The molecule has 0 saturated carbocycles. The fourth-order valence-corrected chi connectivity index (χ4v) is 2.69. The number of hydrogen-bond donors (Lipinski definition) is 2. The van der Waals surface area contributed by atoms with Crippen LogP contribution in [0.25, 0.3) is 0 Å². The highest BCUT2D eigenvalue weighted by Gasteiger charge is 2.21. The van der Waals surface area contributed by atoms with E-state index in [1.54, 1.807) is 17.3 Å². The van der Waals surface area contributed by atoms with Crippen molar-refractivity contribution in [3.8, 4) is 0 Å². The second-order valence-electron chi connectivity index (χ2n) is 5.68. The van der Waals surface area contributed by atoms with Gasteiger partial charge in [0, 0.05) is 43.3 Å². The van der Waals surface area contributed by atoms with Crippen LogP contribution < -0.4 is 15.5 Å². The van der Waals surface area contributed by atoms with Crippen molar-refractivity contribution >= 4 is 23.3 Å². The molecule has 2 aromatic rings. The fraction of sp³-hybridized carbons (Fsp3) is 0.278. The number of carbonyl (C=O) groups excluding carboxylic acids is 2. The molecule has 1 fully saturated rings. The van der Waals surface area contributed by atoms with Crippen molar-refractivity contribution in [2.75, 3.05) is 23.3 Å². The Morgan fingerprint density at radius 2 is 1.88 bits per heavy atom. The molecule has 6 heteroatoms. The van der Waals surface area contributed by atoms with Crippen LogP contribution in [0.5, 0.6) is 0 Å². The lowest BCUT2D eigenvalue weighted by atomic mass is 10.2. The zero-order valence-electron chi connectivity index (χ0n) is 13.4. The molecule has 0 unspecified atom stereocenters. The zero-order chi connectivity index (χ0) is 16.8. The number of aromatic nitrogens is 1. The van der Waals surface area contributed by atoms with Gasteiger partial charge in [0.05, 0.1) is 0 Å². The predicted molar refractivity (Wildman–Crippen MR) is 93.0 cm³/mol. The maximum absolute atomic E-state index is 11.9. The third-order valence-corrected chi connectivity index (χ3v) is 3.96. The molecule has 0 atom stereocenters. The highest BCUT2D eigenvalue weighted by atomic mass is 16.2. The summed E-state index contributed by atoms with van der Waals surface area (Å²) in [6, 6.07) is 10.9. The molecule has 1 aliphatic rings. The maximum Gasteiger partial charge on any atom is 0.319 e. The maximum atomic E-state index is 11.9. The van der Waals surface area contributed by atoms with Crippen LogP contribution in [0.3, 0.4) is 0 Å². The Labute approximate surface area is 140 Å². The van der Waals surface area contributed by atoms with E-state index in [1.165, 1.54) is 0 Å². The zero-order valence-corrected chi connectivity index (χ0v) is 13.4. The highest BCUT2D eigenvalue weighted by molar-refractivity contribution is 5.96. The van der Waals surface area contributed by atoms with Gasteiger partial charge in [-0.15, -0.1) is 0 Å². The quantitative estimate of drug-likeness (QED) is 0.887. The number of pyridine rings is 1. The van der Waals surface area contributed by atoms with Crippen molar-refractivity contribution in [1.29, 1.82) is 0 Å². The van der Waals surface area contributed by atoms with Crippen LogP contribution in [0.2, 0.25) is 0 Å². The molecule has 24 heavy (non-hydrogen) atoms. The summed E-state index contributed by atoms with van der Waals surface area (Å²) >= 11 is 0. The molecule has 1 saturated heterocycles. The van der Waals surface area contributed by atoms with Crippen molar-refractivity contribution in [2.45, 2.75) is 19.3 Å². The number of nitrogens with zero attached hydrogens (tertiary/aromatic N) is 2. The molecule has 1 aromatic heterocycles. The van der Waals surface area contributed by atoms with Crippen LogP contribution in [0, 0.1) is 0 Å². The smallest absolute Gasteiger partial charge is 0.319 e. The van der Waals surface area contributed by atoms with Gasteiger partial charge >= 0.3 is 6.03 Å². The van der Waals surface area contributed by atoms with E-state index in [0.717, 1.165) is 30.6 Å². The van der Waals surface area contributed by atoms with E-state index in [-0.39, 0.29) is 11.9 Å². The van der Waals surface area contributed by atoms with E-state index >= 15 is 0 Å². The van der Waals surface area contributed by atoms with E-state index in [2.05, 4.69) is 15.6 Å². The summed E-state index contributed by atoms with van der Waals surface area (Å²) in [5.74, 6) is 0.157. The largest absolute Gasteiger partial charge is 0.338 e. The Kier molecular flexibility index (Phi) is 5.05. The Hall–Kier alpha value is -2.89. The standard InChI is InChI=1S/C18H20N4O2/c23-17-2-1-13-22(17)16-5-3-15(4-6-16)21-18(24)20-12-9-14-7-10-19-11-8-14/h3-8,10-11H,1-2,9,12-13H2,(H2,20,21,24). The number of benzene rings is 1. The lowest BCUT2D eigenvalue weighted by molar-refractivity contribution is -0.117. The second-order valence-corrected chi connectivity index (χ2v) is 5.68. The van der Waals surface area contributed by atoms with Gasteiger partial charge < -0.3 is 15.5 Å². The Bertz CT molecular complexity index is 701. The second kappa shape index (κ2) is 7.59. The van der Waals surface area contributed by atoms with Crippen molar-refractivity contribution in [3.05, 3.63) is 54.4 Å². The van der Waals surface area contributed by atoms with E-state index in [9.17, 15) is 9.59 Å². The lowest BCUT2D eigenvalue weighted by Crippen LogP contribution is -2.30. The Morgan fingerprint density at radius 3 is 2.54 bits per heavy atom. The average molecular weight is 324 g/mol. The first-order valence-corrected chi connectivity index (χ1v) is 8.06. The van der Waals surface area contributed by atoms with Crippen LogP contribution in [0.15, 0.2) is 48.8 Å². The summed E-state index contributed by atoms with van der Waals surface area (Å²) in [5, 5.41) is 5.61. The van der Waals surface area contributed by atoms with E-state index in [4.69, 9.17) is 0 Å². The average Bonchev–Trinajstić information content (AvgIpc) is 3.03. The highest BCUT2D eigenvalue weighted by Crippen LogP contribution is 2.22. The number of anilines is 2. The summed E-state index contributed by atoms with van der Waals surface area (Å²) in [6.07, 6.45) is 5.74. The van der Waals surface area contributed by atoms with Crippen molar-refractivity contribution in [3.63, 3.8) is 0 Å². The van der Waals surface area contributed by atoms with Gasteiger partial charge in [0.1, 0.15) is 0 Å². The third-order valence-electron chi connectivity index (χ3n) is 3.96. The molecule has 1 aliphatic heterocycles. The number of rotatable bonds is 5. The molecule has 0 bridgehead atoms. The first kappa shape index (κ1) is 16.0. The summed E-state index contributed by atoms with van der Waals surface area (Å²) in [7, 11) is 0. The molecule has 6 nitrogen and oxygen atoms in total. The molecule has 3 amide bonds. The summed E-state index contributed by atoms with van der Waals surface area (Å²) < 4.78 is 0. The first-order valence-electron chi connectivity index (χ1n) is 8.06. The molecule has 2 heterocycles. The third kappa shape index (κ3) is 4.10. The fourth-order valence-electron chi connectivity index (χ4n) is 2.69. The van der Waals surface area contributed by atoms with Gasteiger partial charge in [0.15, 0.2) is 0 Å². The minimum absolute atomic E-state index is 0.157. The summed E-state index contributed by atoms with van der Waals surface area (Å²) in [5.41, 5.74) is 2.71. The van der Waals surface area contributed by atoms with Crippen LogP contribution in [-0.4, -0.2) is 30.0 Å². The predicted octanol–water partition coefficient (Wildman–Crippen LogP) is 2.57. The molecule has 0 spiro atoms. The number of amides is 3. The number of hydrogen-bond acceptors (Lipinski definition) is 3. The lowest BCUT2D eigenvalue weighted by Gasteiger charge is -2.16. The van der Waals surface area contributed by atoms with E-state index < -0.39 is 0 Å². The van der Waals surface area contributed by atoms with Gasteiger partial charge in [0.25, 0.3) is 0 Å². The van der Waals surface area contributed by atoms with Crippen molar-refractivity contribution in [1.82, 2.24) is 10.3 Å². The van der Waals surface area contributed by atoms with Crippen LogP contribution in [-0.2, 0) is 11.2 Å². The molecule has 124 valence electrons. The van der Waals surface area contributed by atoms with Gasteiger partial charge in [0.2, 0.25) is 5.91 Å². The van der Waals surface area contributed by atoms with Gasteiger partial charge in [-0.2, -0.15) is 0 Å². The van der Waals surface area contributed by atoms with Crippen molar-refractivity contribution < 1.29 is 9.59 Å². The molecular formula is C18H20N4O2. The monoisotopic (exact) mass is 324 g/mol. The van der Waals surface area contributed by atoms with Crippen LogP contribution in [0.1, 0.15) is 18.4 Å². The minimum atomic E-state index is -0.242. The van der Waals surface area contributed by atoms with Gasteiger partial charge in [-0.05, 0) is 54.8 Å². The summed E-state index contributed by atoms with van der Waals surface area (Å²) in [4.78, 5) is 29.3. The normalized spacial score (nSPS) is 13.8. The first-order chi connectivity index (χ1) is 11.7. The number of carbonyl (C=O) groups is 2. The van der Waals surface area contributed by atoms with Crippen molar-refractivity contribution in [2.24, 2.45) is 0 Å². The number of urea groups is 1. The number of nitrogens with one attached hydrogen (secondary N) is 2. The van der Waals surface area contributed by atoms with Gasteiger partial charge in [-0.25, -0.2) is 4.79 Å². The Balaban J connectivity index is 1.47. The molecule has 0 aliphatic carbocycles. The van der Waals surface area contributed by atoms with E-state index in [1.807, 2.05) is 36.4 Å². The van der Waals surface area contributed by atoms with Gasteiger partial charge in [-0.3, -0.25) is 9.78 Å². The molecule has 0 radical (unpaired) electrons. The van der Waals surface area contributed by atoms with Crippen LogP contribution in [0.4, 0.5) is 16.2 Å².